The van der Waals surface area contributed by atoms with Gasteiger partial charge in [0.15, 0.2) is 0 Å². The molecule has 4 nitrogen and oxygen atoms in total. The van der Waals surface area contributed by atoms with Gasteiger partial charge in [-0.1, -0.05) is 0 Å². The smallest absolute Gasteiger partial charge is 0.335 e. The van der Waals surface area contributed by atoms with Crippen molar-refractivity contribution in [2.45, 2.75) is 13.8 Å². The number of nitrogens with two attached hydrogens (primary N) is 1. The Bertz CT molecular complexity index is 554. The number of aromatic carboxylic acids is 1. The number of rotatable bonds is 1. The molecule has 0 aliphatic heterocycles. The summed E-state index contributed by atoms with van der Waals surface area (Å²) in [7, 11) is 0. The van der Waals surface area contributed by atoms with E-state index in [-0.39, 0.29) is 5.56 Å². The van der Waals surface area contributed by atoms with E-state index in [1.54, 1.807) is 0 Å². The Kier molecular flexibility index (Phi) is 1.93. The van der Waals surface area contributed by atoms with Gasteiger partial charge < -0.3 is 15.3 Å². The highest BCUT2D eigenvalue weighted by Crippen LogP contribution is 2.30. The molecule has 0 aliphatic carbocycles. The van der Waals surface area contributed by atoms with Crippen LogP contribution in [0.3, 0.4) is 0 Å². The van der Waals surface area contributed by atoms with Gasteiger partial charge in [0.1, 0.15) is 11.3 Å². The zero-order chi connectivity index (χ0) is 11.2. The number of carboxylic acids is 1. The predicted octanol–water partition coefficient (Wildman–Crippen LogP) is 2.33. The molecule has 1 aromatic heterocycles. The van der Waals surface area contributed by atoms with Gasteiger partial charge in [0.2, 0.25) is 0 Å². The summed E-state index contributed by atoms with van der Waals surface area (Å²) in [5.74, 6) is -0.241. The first-order valence-electron chi connectivity index (χ1n) is 4.53. The van der Waals surface area contributed by atoms with Gasteiger partial charge in [-0.05, 0) is 26.0 Å². The SMILES string of the molecule is Cc1oc2cc(C(=O)O)cc(N)c2c1C. The molecule has 2 rings (SSSR count). The Balaban J connectivity index is 2.84. The lowest BCUT2D eigenvalue weighted by Crippen LogP contribution is -1.98. The molecule has 0 atom stereocenters. The molecule has 0 bridgehead atoms. The van der Waals surface area contributed by atoms with Crippen molar-refractivity contribution in [2.75, 3.05) is 5.73 Å². The summed E-state index contributed by atoms with van der Waals surface area (Å²) in [6.45, 7) is 3.73. The van der Waals surface area contributed by atoms with Crippen LogP contribution in [0, 0.1) is 13.8 Å². The molecule has 2 aromatic rings. The van der Waals surface area contributed by atoms with Crippen molar-refractivity contribution >= 4 is 22.6 Å². The van der Waals surface area contributed by atoms with Crippen LogP contribution < -0.4 is 5.73 Å². The number of fused-ring (bicyclic) bond motifs is 1. The van der Waals surface area contributed by atoms with Crippen molar-refractivity contribution in [3.63, 3.8) is 0 Å². The molecule has 1 aromatic carbocycles. The largest absolute Gasteiger partial charge is 0.478 e. The fourth-order valence-electron chi connectivity index (χ4n) is 1.66. The van der Waals surface area contributed by atoms with Crippen LogP contribution in [0.4, 0.5) is 5.69 Å². The highest BCUT2D eigenvalue weighted by molar-refractivity contribution is 6.00. The van der Waals surface area contributed by atoms with Crippen molar-refractivity contribution in [1.82, 2.24) is 0 Å². The van der Waals surface area contributed by atoms with Gasteiger partial charge in [-0.2, -0.15) is 0 Å². The summed E-state index contributed by atoms with van der Waals surface area (Å²) in [4.78, 5) is 10.8. The first-order valence-corrected chi connectivity index (χ1v) is 4.53. The summed E-state index contributed by atoms with van der Waals surface area (Å²) in [5, 5.41) is 9.65. The molecule has 3 N–H and O–H groups in total. The fourth-order valence-corrected chi connectivity index (χ4v) is 1.66. The molecule has 0 fully saturated rings. The van der Waals surface area contributed by atoms with Crippen LogP contribution in [0.2, 0.25) is 0 Å². The minimum Gasteiger partial charge on any atom is -0.478 e. The van der Waals surface area contributed by atoms with E-state index < -0.39 is 5.97 Å². The van der Waals surface area contributed by atoms with E-state index in [0.29, 0.717) is 11.3 Å². The second-order valence-corrected chi connectivity index (χ2v) is 3.53. The lowest BCUT2D eigenvalue weighted by atomic mass is 10.1. The Morgan fingerprint density at radius 2 is 2.07 bits per heavy atom. The van der Waals surface area contributed by atoms with Gasteiger partial charge in [0.25, 0.3) is 0 Å². The highest BCUT2D eigenvalue weighted by atomic mass is 16.4. The van der Waals surface area contributed by atoms with Gasteiger partial charge in [-0.15, -0.1) is 0 Å². The van der Waals surface area contributed by atoms with Crippen molar-refractivity contribution in [3.05, 3.63) is 29.0 Å². The number of furan rings is 1. The summed E-state index contributed by atoms with van der Waals surface area (Å²) >= 11 is 0. The van der Waals surface area contributed by atoms with Gasteiger partial charge in [0.05, 0.1) is 5.56 Å². The summed E-state index contributed by atoms with van der Waals surface area (Å²) in [5.41, 5.74) is 7.86. The van der Waals surface area contributed by atoms with E-state index in [1.165, 1.54) is 12.1 Å². The highest BCUT2D eigenvalue weighted by Gasteiger charge is 2.13. The Morgan fingerprint density at radius 1 is 1.40 bits per heavy atom. The molecule has 15 heavy (non-hydrogen) atoms. The van der Waals surface area contributed by atoms with Crippen molar-refractivity contribution in [1.29, 1.82) is 0 Å². The van der Waals surface area contributed by atoms with Crippen LogP contribution in [0.25, 0.3) is 11.0 Å². The van der Waals surface area contributed by atoms with Gasteiger partial charge in [-0.3, -0.25) is 0 Å². The van der Waals surface area contributed by atoms with Crippen molar-refractivity contribution in [3.8, 4) is 0 Å². The second-order valence-electron chi connectivity index (χ2n) is 3.53. The van der Waals surface area contributed by atoms with Crippen LogP contribution in [0.15, 0.2) is 16.5 Å². The third-order valence-electron chi connectivity index (χ3n) is 2.55. The van der Waals surface area contributed by atoms with E-state index in [4.69, 9.17) is 15.3 Å². The van der Waals surface area contributed by atoms with Crippen LogP contribution in [0.5, 0.6) is 0 Å². The molecule has 0 spiro atoms. The van der Waals surface area contributed by atoms with E-state index in [0.717, 1.165) is 16.7 Å². The standard InChI is InChI=1S/C11H11NO3/c1-5-6(2)15-9-4-7(11(13)14)3-8(12)10(5)9/h3-4H,12H2,1-2H3,(H,13,14). The second kappa shape index (κ2) is 3.02. The normalized spacial score (nSPS) is 10.8. The maximum atomic E-state index is 10.8. The summed E-state index contributed by atoms with van der Waals surface area (Å²) in [6.07, 6.45) is 0. The molecule has 78 valence electrons. The number of carboxylic acid groups (broad SMARTS) is 1. The number of aryl methyl sites for hydroxylation is 2. The maximum Gasteiger partial charge on any atom is 0.335 e. The van der Waals surface area contributed by atoms with Gasteiger partial charge >= 0.3 is 5.97 Å². The maximum absolute atomic E-state index is 10.8. The molecular formula is C11H11NO3. The van der Waals surface area contributed by atoms with Crippen LogP contribution in [0.1, 0.15) is 21.7 Å². The van der Waals surface area contributed by atoms with Gasteiger partial charge in [0, 0.05) is 16.6 Å². The minimum absolute atomic E-state index is 0.147. The topological polar surface area (TPSA) is 76.5 Å². The first-order chi connectivity index (χ1) is 7.00. The number of hydrogen-bond acceptors (Lipinski definition) is 3. The number of anilines is 1. The van der Waals surface area contributed by atoms with E-state index in [1.807, 2.05) is 13.8 Å². The molecular weight excluding hydrogens is 194 g/mol. The van der Waals surface area contributed by atoms with Gasteiger partial charge in [-0.25, -0.2) is 4.79 Å². The van der Waals surface area contributed by atoms with Crippen molar-refractivity contribution in [2.24, 2.45) is 0 Å². The molecule has 0 radical (unpaired) electrons. The molecule has 0 aliphatic rings. The minimum atomic E-state index is -1.00. The van der Waals surface area contributed by atoms with E-state index in [2.05, 4.69) is 0 Å². The molecule has 0 saturated heterocycles. The average molecular weight is 205 g/mol. The molecule has 0 saturated carbocycles. The lowest BCUT2D eigenvalue weighted by molar-refractivity contribution is 0.0697. The zero-order valence-electron chi connectivity index (χ0n) is 8.50. The quantitative estimate of drug-likeness (QED) is 0.700. The van der Waals surface area contributed by atoms with Crippen molar-refractivity contribution < 1.29 is 14.3 Å². The Hall–Kier alpha value is -1.97. The third-order valence-corrected chi connectivity index (χ3v) is 2.55. The first kappa shape index (κ1) is 9.58. The molecule has 0 unspecified atom stereocenters. The summed E-state index contributed by atoms with van der Waals surface area (Å²) in [6, 6.07) is 2.95. The fraction of sp³-hybridized carbons (Fsp3) is 0.182. The Morgan fingerprint density at radius 3 is 2.67 bits per heavy atom. The van der Waals surface area contributed by atoms with E-state index >= 15 is 0 Å². The van der Waals surface area contributed by atoms with Crippen LogP contribution >= 0.6 is 0 Å². The van der Waals surface area contributed by atoms with E-state index in [9.17, 15) is 4.79 Å². The zero-order valence-corrected chi connectivity index (χ0v) is 8.50. The Labute approximate surface area is 86.3 Å². The van der Waals surface area contributed by atoms with Crippen LogP contribution in [-0.4, -0.2) is 11.1 Å². The number of benzene rings is 1. The molecule has 1 heterocycles. The number of hydrogen-bond donors (Lipinski definition) is 2. The number of nitrogen functional groups attached to an aromatic ring is 1. The lowest BCUT2D eigenvalue weighted by Gasteiger charge is -1.99. The molecule has 4 heteroatoms. The predicted molar refractivity (Wildman–Crippen MR) is 57.1 cm³/mol. The summed E-state index contributed by atoms with van der Waals surface area (Å²) < 4.78 is 5.43. The third kappa shape index (κ3) is 1.34. The number of carbonyl (C=O) groups is 1. The molecule has 0 amide bonds. The van der Waals surface area contributed by atoms with Crippen LogP contribution in [-0.2, 0) is 0 Å². The monoisotopic (exact) mass is 205 g/mol. The average Bonchev–Trinajstić information content (AvgIpc) is 2.42.